The molecule has 2 aromatic carbocycles. The Balaban J connectivity index is 1.57. The van der Waals surface area contributed by atoms with E-state index in [0.717, 1.165) is 24.1 Å². The number of carbonyl (C=O) groups excluding carboxylic acids is 3. The number of likely N-dealkylation sites (tertiary alicyclic amines) is 1. The number of benzene rings is 2. The monoisotopic (exact) mass is 365 g/mol. The number of amides is 3. The number of nitrogens with one attached hydrogen (secondary N) is 2. The zero-order chi connectivity index (χ0) is 19.2. The molecule has 0 atom stereocenters. The van der Waals surface area contributed by atoms with E-state index < -0.39 is 0 Å². The van der Waals surface area contributed by atoms with Gasteiger partial charge in [0.2, 0.25) is 11.8 Å². The lowest BCUT2D eigenvalue weighted by Gasteiger charge is -2.15. The van der Waals surface area contributed by atoms with Crippen LogP contribution in [0.4, 0.5) is 5.69 Å². The summed E-state index contributed by atoms with van der Waals surface area (Å²) in [7, 11) is 1.60. The molecule has 0 spiro atoms. The molecule has 3 rings (SSSR count). The van der Waals surface area contributed by atoms with Crippen molar-refractivity contribution in [1.82, 2.24) is 10.2 Å². The third-order valence-electron chi connectivity index (χ3n) is 4.62. The second-order valence-electron chi connectivity index (χ2n) is 6.62. The fourth-order valence-corrected chi connectivity index (χ4v) is 3.04. The van der Waals surface area contributed by atoms with Gasteiger partial charge in [0.25, 0.3) is 5.91 Å². The van der Waals surface area contributed by atoms with Crippen LogP contribution in [-0.2, 0) is 22.6 Å². The third kappa shape index (κ3) is 4.94. The number of anilines is 1. The zero-order valence-electron chi connectivity index (χ0n) is 15.3. The minimum atomic E-state index is -0.196. The second kappa shape index (κ2) is 8.49. The Kier molecular flexibility index (Phi) is 5.86. The highest BCUT2D eigenvalue weighted by Gasteiger charge is 2.20. The highest BCUT2D eigenvalue weighted by molar-refractivity contribution is 6.04. The molecule has 1 heterocycles. The van der Waals surface area contributed by atoms with Crippen LogP contribution >= 0.6 is 0 Å². The molecule has 2 aromatic rings. The van der Waals surface area contributed by atoms with Crippen LogP contribution in [0.15, 0.2) is 48.5 Å². The smallest absolute Gasteiger partial charge is 0.255 e. The van der Waals surface area contributed by atoms with E-state index in [4.69, 9.17) is 0 Å². The SMILES string of the molecule is CNC(=O)Cc1ccc(NC(=O)c2ccc(CN3CCCC3=O)cc2)cc1. The largest absolute Gasteiger partial charge is 0.359 e. The Morgan fingerprint density at radius 2 is 1.67 bits per heavy atom. The van der Waals surface area contributed by atoms with Gasteiger partial charge >= 0.3 is 0 Å². The van der Waals surface area contributed by atoms with E-state index in [1.165, 1.54) is 0 Å². The van der Waals surface area contributed by atoms with Gasteiger partial charge in [0, 0.05) is 37.8 Å². The molecule has 0 unspecified atom stereocenters. The quantitative estimate of drug-likeness (QED) is 0.825. The van der Waals surface area contributed by atoms with Gasteiger partial charge in [-0.05, 0) is 41.8 Å². The van der Waals surface area contributed by atoms with Crippen molar-refractivity contribution in [2.75, 3.05) is 18.9 Å². The van der Waals surface area contributed by atoms with E-state index in [-0.39, 0.29) is 17.7 Å². The molecule has 140 valence electrons. The van der Waals surface area contributed by atoms with Gasteiger partial charge in [-0.2, -0.15) is 0 Å². The number of carbonyl (C=O) groups is 3. The molecule has 0 aromatic heterocycles. The lowest BCUT2D eigenvalue weighted by atomic mass is 10.1. The van der Waals surface area contributed by atoms with Crippen molar-refractivity contribution in [1.29, 1.82) is 0 Å². The van der Waals surface area contributed by atoms with Gasteiger partial charge in [-0.15, -0.1) is 0 Å². The number of hydrogen-bond acceptors (Lipinski definition) is 3. The van der Waals surface area contributed by atoms with Crippen molar-refractivity contribution < 1.29 is 14.4 Å². The molecule has 6 heteroatoms. The lowest BCUT2D eigenvalue weighted by molar-refractivity contribution is -0.128. The predicted octanol–water partition coefficient (Wildman–Crippen LogP) is 2.35. The average molecular weight is 365 g/mol. The molecule has 0 bridgehead atoms. The first-order valence-corrected chi connectivity index (χ1v) is 9.03. The highest BCUT2D eigenvalue weighted by atomic mass is 16.2. The Bertz CT molecular complexity index is 829. The molecule has 1 saturated heterocycles. The van der Waals surface area contributed by atoms with Crippen molar-refractivity contribution >= 4 is 23.4 Å². The van der Waals surface area contributed by atoms with E-state index in [0.29, 0.717) is 30.6 Å². The fraction of sp³-hybridized carbons (Fsp3) is 0.286. The molecule has 0 saturated carbocycles. The molecule has 2 N–H and O–H groups in total. The molecular formula is C21H23N3O3. The van der Waals surface area contributed by atoms with Crippen LogP contribution in [0.2, 0.25) is 0 Å². The van der Waals surface area contributed by atoms with E-state index in [1.54, 1.807) is 31.3 Å². The maximum Gasteiger partial charge on any atom is 0.255 e. The first-order valence-electron chi connectivity index (χ1n) is 9.03. The molecular weight excluding hydrogens is 342 g/mol. The van der Waals surface area contributed by atoms with Crippen molar-refractivity contribution in [2.24, 2.45) is 0 Å². The zero-order valence-corrected chi connectivity index (χ0v) is 15.3. The van der Waals surface area contributed by atoms with E-state index >= 15 is 0 Å². The van der Waals surface area contributed by atoms with E-state index in [2.05, 4.69) is 10.6 Å². The molecule has 6 nitrogen and oxygen atoms in total. The van der Waals surface area contributed by atoms with Crippen LogP contribution < -0.4 is 10.6 Å². The van der Waals surface area contributed by atoms with Gasteiger partial charge in [0.05, 0.1) is 6.42 Å². The molecule has 0 radical (unpaired) electrons. The summed E-state index contributed by atoms with van der Waals surface area (Å²) in [4.78, 5) is 37.3. The minimum Gasteiger partial charge on any atom is -0.359 e. The summed E-state index contributed by atoms with van der Waals surface area (Å²) in [6, 6.07) is 14.5. The van der Waals surface area contributed by atoms with Crippen LogP contribution in [0.25, 0.3) is 0 Å². The molecule has 3 amide bonds. The van der Waals surface area contributed by atoms with Gasteiger partial charge in [-0.3, -0.25) is 14.4 Å². The van der Waals surface area contributed by atoms with Crippen LogP contribution in [0, 0.1) is 0 Å². The first-order chi connectivity index (χ1) is 13.0. The average Bonchev–Trinajstić information content (AvgIpc) is 3.08. The number of nitrogens with zero attached hydrogens (tertiary/aromatic N) is 1. The van der Waals surface area contributed by atoms with Crippen LogP contribution in [0.1, 0.15) is 34.3 Å². The van der Waals surface area contributed by atoms with E-state index in [9.17, 15) is 14.4 Å². The van der Waals surface area contributed by atoms with E-state index in [1.807, 2.05) is 29.2 Å². The Morgan fingerprint density at radius 1 is 1.00 bits per heavy atom. The first kappa shape index (κ1) is 18.6. The van der Waals surface area contributed by atoms with Crippen LogP contribution in [0.3, 0.4) is 0 Å². The molecule has 27 heavy (non-hydrogen) atoms. The number of likely N-dealkylation sites (N-methyl/N-ethyl adjacent to an activating group) is 1. The molecule has 0 aliphatic carbocycles. The third-order valence-corrected chi connectivity index (χ3v) is 4.62. The summed E-state index contributed by atoms with van der Waals surface area (Å²) in [5.74, 6) is -0.0583. The Morgan fingerprint density at radius 3 is 2.26 bits per heavy atom. The summed E-state index contributed by atoms with van der Waals surface area (Å²) in [5, 5.41) is 5.43. The molecule has 1 fully saturated rings. The lowest BCUT2D eigenvalue weighted by Crippen LogP contribution is -2.23. The fourth-order valence-electron chi connectivity index (χ4n) is 3.04. The van der Waals surface area contributed by atoms with Crippen LogP contribution in [-0.4, -0.2) is 36.2 Å². The van der Waals surface area contributed by atoms with Crippen molar-refractivity contribution in [2.45, 2.75) is 25.8 Å². The second-order valence-corrected chi connectivity index (χ2v) is 6.62. The predicted molar refractivity (Wildman–Crippen MR) is 103 cm³/mol. The van der Waals surface area contributed by atoms with Gasteiger partial charge in [-0.25, -0.2) is 0 Å². The van der Waals surface area contributed by atoms with Crippen molar-refractivity contribution in [3.8, 4) is 0 Å². The topological polar surface area (TPSA) is 78.5 Å². The Labute approximate surface area is 158 Å². The van der Waals surface area contributed by atoms with Gasteiger partial charge in [-0.1, -0.05) is 24.3 Å². The van der Waals surface area contributed by atoms with Gasteiger partial charge in [0.1, 0.15) is 0 Å². The van der Waals surface area contributed by atoms with Gasteiger partial charge < -0.3 is 15.5 Å². The number of hydrogen-bond donors (Lipinski definition) is 2. The summed E-state index contributed by atoms with van der Waals surface area (Å²) >= 11 is 0. The standard InChI is InChI=1S/C21H23N3O3/c1-22-19(25)13-15-6-10-18(11-7-15)23-21(27)17-8-4-16(5-9-17)14-24-12-2-3-20(24)26/h4-11H,2-3,12-14H2,1H3,(H,22,25)(H,23,27). The molecule has 1 aliphatic heterocycles. The summed E-state index contributed by atoms with van der Waals surface area (Å²) < 4.78 is 0. The highest BCUT2D eigenvalue weighted by Crippen LogP contribution is 2.16. The molecule has 1 aliphatic rings. The Hall–Kier alpha value is -3.15. The summed E-state index contributed by atoms with van der Waals surface area (Å²) in [6.07, 6.45) is 1.86. The summed E-state index contributed by atoms with van der Waals surface area (Å²) in [5.41, 5.74) is 3.13. The van der Waals surface area contributed by atoms with Gasteiger partial charge in [0.15, 0.2) is 0 Å². The van der Waals surface area contributed by atoms with Crippen molar-refractivity contribution in [3.63, 3.8) is 0 Å². The van der Waals surface area contributed by atoms with Crippen LogP contribution in [0.5, 0.6) is 0 Å². The summed E-state index contributed by atoms with van der Waals surface area (Å²) in [6.45, 7) is 1.39. The number of rotatable bonds is 6. The maximum absolute atomic E-state index is 12.4. The normalized spacial score (nSPS) is 13.5. The maximum atomic E-state index is 12.4. The van der Waals surface area contributed by atoms with Crippen molar-refractivity contribution in [3.05, 3.63) is 65.2 Å². The minimum absolute atomic E-state index is 0.0532.